The molecule has 0 aliphatic carbocycles. The molecule has 74 valence electrons. The largest absolute Gasteiger partial charge is 0.330 e. The van der Waals surface area contributed by atoms with Gasteiger partial charge in [0.2, 0.25) is 5.91 Å². The summed E-state index contributed by atoms with van der Waals surface area (Å²) in [6, 6.07) is 0. The van der Waals surface area contributed by atoms with Crippen LogP contribution in [0.2, 0.25) is 0 Å². The molecule has 0 aromatic carbocycles. The SMILES string of the molecule is CC(C)(C)CC(CN)C(=O)NC#N. The van der Waals surface area contributed by atoms with Crippen molar-refractivity contribution in [3.05, 3.63) is 0 Å². The number of rotatable bonds is 3. The maximum atomic E-state index is 11.2. The third-order valence-electron chi connectivity index (χ3n) is 1.69. The minimum atomic E-state index is -0.278. The van der Waals surface area contributed by atoms with Gasteiger partial charge in [0.05, 0.1) is 5.92 Å². The standard InChI is InChI=1S/C9H17N3O/c1-9(2,3)4-7(5-10)8(13)12-6-11/h7H,4-5,10H2,1-3H3,(H,12,13). The van der Waals surface area contributed by atoms with E-state index in [9.17, 15) is 4.79 Å². The first-order chi connectivity index (χ1) is 5.90. The highest BCUT2D eigenvalue weighted by Gasteiger charge is 2.23. The molecular weight excluding hydrogens is 166 g/mol. The summed E-state index contributed by atoms with van der Waals surface area (Å²) in [5.41, 5.74) is 5.49. The molecule has 1 amide bonds. The smallest absolute Gasteiger partial charge is 0.237 e. The van der Waals surface area contributed by atoms with E-state index in [2.05, 4.69) is 5.32 Å². The predicted octanol–water partition coefficient (Wildman–Crippen LogP) is 0.595. The topological polar surface area (TPSA) is 78.9 Å². The Kier molecular flexibility index (Phi) is 4.43. The van der Waals surface area contributed by atoms with E-state index >= 15 is 0 Å². The van der Waals surface area contributed by atoms with Crippen LogP contribution >= 0.6 is 0 Å². The fourth-order valence-electron chi connectivity index (χ4n) is 1.18. The maximum absolute atomic E-state index is 11.2. The van der Waals surface area contributed by atoms with Crippen molar-refractivity contribution in [2.24, 2.45) is 17.1 Å². The normalized spacial score (nSPS) is 13.2. The van der Waals surface area contributed by atoms with Crippen molar-refractivity contribution >= 4 is 5.91 Å². The number of nitrogens with zero attached hydrogens (tertiary/aromatic N) is 1. The van der Waals surface area contributed by atoms with Crippen molar-refractivity contribution < 1.29 is 4.79 Å². The Bertz CT molecular complexity index is 212. The van der Waals surface area contributed by atoms with Gasteiger partial charge in [0, 0.05) is 6.54 Å². The zero-order valence-electron chi connectivity index (χ0n) is 8.42. The summed E-state index contributed by atoms with van der Waals surface area (Å²) in [6.07, 6.45) is 2.30. The summed E-state index contributed by atoms with van der Waals surface area (Å²) in [6.45, 7) is 6.39. The number of nitriles is 1. The van der Waals surface area contributed by atoms with E-state index in [1.54, 1.807) is 6.19 Å². The lowest BCUT2D eigenvalue weighted by atomic mass is 9.84. The van der Waals surface area contributed by atoms with E-state index in [-0.39, 0.29) is 23.8 Å². The van der Waals surface area contributed by atoms with Crippen LogP contribution in [0.4, 0.5) is 0 Å². The first-order valence-electron chi connectivity index (χ1n) is 4.29. The number of carbonyl (C=O) groups is 1. The maximum Gasteiger partial charge on any atom is 0.237 e. The summed E-state index contributed by atoms with van der Waals surface area (Å²) in [5.74, 6) is -0.542. The molecule has 4 nitrogen and oxygen atoms in total. The molecule has 1 unspecified atom stereocenters. The monoisotopic (exact) mass is 183 g/mol. The van der Waals surface area contributed by atoms with Gasteiger partial charge < -0.3 is 5.73 Å². The van der Waals surface area contributed by atoms with Gasteiger partial charge in [-0.15, -0.1) is 0 Å². The van der Waals surface area contributed by atoms with Crippen molar-refractivity contribution in [1.29, 1.82) is 5.26 Å². The molecule has 4 heteroatoms. The zero-order chi connectivity index (χ0) is 10.5. The fourth-order valence-corrected chi connectivity index (χ4v) is 1.18. The van der Waals surface area contributed by atoms with E-state index < -0.39 is 0 Å². The average Bonchev–Trinajstić information content (AvgIpc) is 1.99. The van der Waals surface area contributed by atoms with Crippen LogP contribution in [0.25, 0.3) is 0 Å². The van der Waals surface area contributed by atoms with Gasteiger partial charge in [0.25, 0.3) is 0 Å². The van der Waals surface area contributed by atoms with Crippen LogP contribution in [0.1, 0.15) is 27.2 Å². The van der Waals surface area contributed by atoms with Crippen LogP contribution in [-0.2, 0) is 4.79 Å². The van der Waals surface area contributed by atoms with Crippen molar-refractivity contribution in [2.45, 2.75) is 27.2 Å². The Labute approximate surface area is 79.1 Å². The van der Waals surface area contributed by atoms with Crippen LogP contribution in [-0.4, -0.2) is 12.5 Å². The summed E-state index contributed by atoms with van der Waals surface area (Å²) in [5, 5.41) is 10.4. The minimum absolute atomic E-state index is 0.0524. The third kappa shape index (κ3) is 5.21. The highest BCUT2D eigenvalue weighted by molar-refractivity contribution is 5.80. The van der Waals surface area contributed by atoms with Crippen LogP contribution < -0.4 is 11.1 Å². The van der Waals surface area contributed by atoms with E-state index in [1.807, 2.05) is 20.8 Å². The number of nitrogens with one attached hydrogen (secondary N) is 1. The molecule has 3 N–H and O–H groups in total. The Hall–Kier alpha value is -1.08. The van der Waals surface area contributed by atoms with Gasteiger partial charge in [0.15, 0.2) is 6.19 Å². The fraction of sp³-hybridized carbons (Fsp3) is 0.778. The first-order valence-corrected chi connectivity index (χ1v) is 4.29. The number of hydrogen-bond acceptors (Lipinski definition) is 3. The lowest BCUT2D eigenvalue weighted by molar-refractivity contribution is -0.124. The quantitative estimate of drug-likeness (QED) is 0.496. The Morgan fingerprint density at radius 1 is 1.62 bits per heavy atom. The lowest BCUT2D eigenvalue weighted by Crippen LogP contribution is -2.34. The molecule has 0 aromatic heterocycles. The van der Waals surface area contributed by atoms with Gasteiger partial charge in [-0.25, -0.2) is 0 Å². The molecule has 0 rings (SSSR count). The van der Waals surface area contributed by atoms with Crippen molar-refractivity contribution in [2.75, 3.05) is 6.54 Å². The third-order valence-corrected chi connectivity index (χ3v) is 1.69. The summed E-state index contributed by atoms with van der Waals surface area (Å²) >= 11 is 0. The van der Waals surface area contributed by atoms with Crippen LogP contribution in [0.3, 0.4) is 0 Å². The van der Waals surface area contributed by atoms with Gasteiger partial charge in [-0.1, -0.05) is 20.8 Å². The minimum Gasteiger partial charge on any atom is -0.330 e. The average molecular weight is 183 g/mol. The molecule has 0 saturated heterocycles. The molecule has 0 bridgehead atoms. The number of nitrogens with two attached hydrogens (primary N) is 1. The van der Waals surface area contributed by atoms with Crippen LogP contribution in [0, 0.1) is 22.8 Å². The lowest BCUT2D eigenvalue weighted by Gasteiger charge is -2.23. The zero-order valence-corrected chi connectivity index (χ0v) is 8.42. The van der Waals surface area contributed by atoms with Gasteiger partial charge in [-0.3, -0.25) is 10.1 Å². The second-order valence-electron chi connectivity index (χ2n) is 4.30. The summed E-state index contributed by atoms with van der Waals surface area (Å²) < 4.78 is 0. The first kappa shape index (κ1) is 11.9. The van der Waals surface area contributed by atoms with Gasteiger partial charge in [0.1, 0.15) is 0 Å². The van der Waals surface area contributed by atoms with E-state index in [0.29, 0.717) is 6.42 Å². The Morgan fingerprint density at radius 3 is 2.46 bits per heavy atom. The highest BCUT2D eigenvalue weighted by Crippen LogP contribution is 2.23. The van der Waals surface area contributed by atoms with Gasteiger partial charge >= 0.3 is 0 Å². The Balaban J connectivity index is 4.20. The molecule has 13 heavy (non-hydrogen) atoms. The van der Waals surface area contributed by atoms with Gasteiger partial charge in [-0.2, -0.15) is 5.26 Å². The molecule has 0 aliphatic heterocycles. The van der Waals surface area contributed by atoms with E-state index in [4.69, 9.17) is 11.0 Å². The second kappa shape index (κ2) is 4.83. The summed E-state index contributed by atoms with van der Waals surface area (Å²) in [7, 11) is 0. The number of hydrogen-bond donors (Lipinski definition) is 2. The molecule has 0 radical (unpaired) electrons. The Morgan fingerprint density at radius 2 is 2.15 bits per heavy atom. The number of carbonyl (C=O) groups excluding carboxylic acids is 1. The van der Waals surface area contributed by atoms with Crippen LogP contribution in [0.15, 0.2) is 0 Å². The molecule has 0 saturated carbocycles. The van der Waals surface area contributed by atoms with Gasteiger partial charge in [-0.05, 0) is 11.8 Å². The summed E-state index contributed by atoms with van der Waals surface area (Å²) in [4.78, 5) is 11.2. The van der Waals surface area contributed by atoms with E-state index in [0.717, 1.165) is 0 Å². The molecule has 0 spiro atoms. The molecule has 1 atom stereocenters. The molecule has 0 aromatic rings. The molecular formula is C9H17N3O. The van der Waals surface area contributed by atoms with E-state index in [1.165, 1.54) is 0 Å². The highest BCUT2D eigenvalue weighted by atomic mass is 16.1. The van der Waals surface area contributed by atoms with Crippen molar-refractivity contribution in [1.82, 2.24) is 5.32 Å². The number of amides is 1. The van der Waals surface area contributed by atoms with Crippen molar-refractivity contribution in [3.63, 3.8) is 0 Å². The molecule has 0 fully saturated rings. The van der Waals surface area contributed by atoms with Crippen molar-refractivity contribution in [3.8, 4) is 6.19 Å². The molecule has 0 aliphatic rings. The molecule has 0 heterocycles. The predicted molar refractivity (Wildman–Crippen MR) is 50.4 cm³/mol. The van der Waals surface area contributed by atoms with Crippen LogP contribution in [0.5, 0.6) is 0 Å². The second-order valence-corrected chi connectivity index (χ2v) is 4.30.